The summed E-state index contributed by atoms with van der Waals surface area (Å²) in [5, 5.41) is 3.65. The van der Waals surface area contributed by atoms with E-state index < -0.39 is 0 Å². The minimum Gasteiger partial charge on any atom is -0.359 e. The molecule has 2 aromatic heterocycles. The van der Waals surface area contributed by atoms with Crippen molar-refractivity contribution < 1.29 is 4.79 Å². The van der Waals surface area contributed by atoms with Crippen molar-refractivity contribution in [2.24, 2.45) is 7.05 Å². The van der Waals surface area contributed by atoms with Gasteiger partial charge in [0.05, 0.1) is 28.9 Å². The molecule has 4 rings (SSSR count). The Morgan fingerprint density at radius 1 is 1.07 bits per heavy atom. The molecule has 0 spiro atoms. The number of aryl methyl sites for hydroxylation is 1. The Morgan fingerprint density at radius 2 is 1.80 bits per heavy atom. The van der Waals surface area contributed by atoms with E-state index >= 15 is 0 Å². The van der Waals surface area contributed by atoms with Crippen molar-refractivity contribution in [2.45, 2.75) is 20.3 Å². The quantitative estimate of drug-likeness (QED) is 0.572. The van der Waals surface area contributed by atoms with Gasteiger partial charge in [-0.3, -0.25) is 14.3 Å². The minimum absolute atomic E-state index is 0.0492. The molecule has 2 aromatic carbocycles. The maximum Gasteiger partial charge on any atom is 0.281 e. The molecule has 0 aliphatic carbocycles. The lowest BCUT2D eigenvalue weighted by atomic mass is 10.0. The number of nitrogens with zero attached hydrogens (tertiary/aromatic N) is 3. The molecule has 0 atom stereocenters. The molecule has 6 nitrogen and oxygen atoms in total. The maximum atomic E-state index is 13.4. The lowest BCUT2D eigenvalue weighted by molar-refractivity contribution is -0.119. The number of amides is 1. The number of para-hydroxylation sites is 1. The number of carbonyl (C=O) groups is 1. The average Bonchev–Trinajstić information content (AvgIpc) is 2.96. The Kier molecular flexibility index (Phi) is 4.99. The predicted octanol–water partition coefficient (Wildman–Crippen LogP) is 3.30. The number of carbonyl (C=O) groups excluding carboxylic acids is 1. The highest BCUT2D eigenvalue weighted by Crippen LogP contribution is 2.26. The van der Waals surface area contributed by atoms with Crippen LogP contribution < -0.4 is 10.9 Å². The molecule has 0 aliphatic rings. The number of hydrogen-bond acceptors (Lipinski definition) is 3. The van der Waals surface area contributed by atoms with Crippen LogP contribution in [0.25, 0.3) is 27.8 Å². The fourth-order valence-corrected chi connectivity index (χ4v) is 3.82. The van der Waals surface area contributed by atoms with Gasteiger partial charge in [0.2, 0.25) is 5.91 Å². The molecule has 0 bridgehead atoms. The van der Waals surface area contributed by atoms with Crippen molar-refractivity contribution in [3.63, 3.8) is 0 Å². The number of likely N-dealkylation sites (N-methyl/N-ethyl adjacent to an activating group) is 1. The van der Waals surface area contributed by atoms with E-state index in [1.54, 1.807) is 11.7 Å². The van der Waals surface area contributed by atoms with Crippen LogP contribution in [0.3, 0.4) is 0 Å². The number of pyridine rings is 1. The smallest absolute Gasteiger partial charge is 0.281 e. The number of fused-ring (bicyclic) bond motifs is 1. The van der Waals surface area contributed by atoms with Crippen molar-refractivity contribution in [3.8, 4) is 16.9 Å². The second-order valence-electron chi connectivity index (χ2n) is 7.46. The van der Waals surface area contributed by atoms with Gasteiger partial charge in [-0.15, -0.1) is 0 Å². The minimum atomic E-state index is -0.103. The van der Waals surface area contributed by atoms with Crippen LogP contribution in [0.1, 0.15) is 16.8 Å². The number of aromatic nitrogens is 3. The van der Waals surface area contributed by atoms with Crippen molar-refractivity contribution in [1.82, 2.24) is 19.7 Å². The molecule has 1 amide bonds. The summed E-state index contributed by atoms with van der Waals surface area (Å²) >= 11 is 0. The van der Waals surface area contributed by atoms with Crippen LogP contribution in [0.15, 0.2) is 59.4 Å². The van der Waals surface area contributed by atoms with E-state index in [1.807, 2.05) is 80.2 Å². The van der Waals surface area contributed by atoms with Gasteiger partial charge in [0, 0.05) is 25.2 Å². The van der Waals surface area contributed by atoms with Crippen LogP contribution in [-0.2, 0) is 18.3 Å². The molecule has 1 N–H and O–H groups in total. The molecular formula is C24H24N4O2. The van der Waals surface area contributed by atoms with Crippen molar-refractivity contribution in [3.05, 3.63) is 81.8 Å². The topological polar surface area (TPSA) is 68.9 Å². The highest BCUT2D eigenvalue weighted by Gasteiger charge is 2.19. The largest absolute Gasteiger partial charge is 0.359 e. The first-order valence-corrected chi connectivity index (χ1v) is 9.86. The van der Waals surface area contributed by atoms with Crippen LogP contribution in [-0.4, -0.2) is 27.3 Å². The van der Waals surface area contributed by atoms with E-state index in [0.29, 0.717) is 17.7 Å². The molecular weight excluding hydrogens is 376 g/mol. The summed E-state index contributed by atoms with van der Waals surface area (Å²) in [4.78, 5) is 29.9. The van der Waals surface area contributed by atoms with Gasteiger partial charge in [-0.05, 0) is 49.2 Å². The lowest BCUT2D eigenvalue weighted by Crippen LogP contribution is -2.20. The normalized spacial score (nSPS) is 11.1. The third-order valence-corrected chi connectivity index (χ3v) is 5.53. The molecule has 2 heterocycles. The third-order valence-electron chi connectivity index (χ3n) is 5.53. The van der Waals surface area contributed by atoms with E-state index in [0.717, 1.165) is 33.4 Å². The van der Waals surface area contributed by atoms with Crippen LogP contribution in [0, 0.1) is 13.8 Å². The average molecular weight is 400 g/mol. The van der Waals surface area contributed by atoms with E-state index in [1.165, 1.54) is 0 Å². The summed E-state index contributed by atoms with van der Waals surface area (Å²) in [6, 6.07) is 17.4. The Labute approximate surface area is 174 Å². The molecule has 152 valence electrons. The summed E-state index contributed by atoms with van der Waals surface area (Å²) in [6.45, 7) is 3.94. The number of benzene rings is 2. The van der Waals surface area contributed by atoms with Crippen molar-refractivity contribution in [2.75, 3.05) is 7.05 Å². The molecule has 0 fully saturated rings. The van der Waals surface area contributed by atoms with Crippen LogP contribution in [0.5, 0.6) is 0 Å². The fourth-order valence-electron chi connectivity index (χ4n) is 3.82. The van der Waals surface area contributed by atoms with Gasteiger partial charge < -0.3 is 5.32 Å². The molecule has 6 heteroatoms. The SMILES string of the molecule is CNC(=O)Cc1ccc2c(C)cc(-c3c(C)n(C)n(-c4ccccc4)c3=O)nc2c1. The van der Waals surface area contributed by atoms with Gasteiger partial charge in [0.1, 0.15) is 0 Å². The molecule has 0 saturated heterocycles. The molecule has 30 heavy (non-hydrogen) atoms. The lowest BCUT2D eigenvalue weighted by Gasteiger charge is -2.08. The third kappa shape index (κ3) is 3.30. The Morgan fingerprint density at radius 3 is 2.50 bits per heavy atom. The molecule has 0 aliphatic heterocycles. The van der Waals surface area contributed by atoms with Crippen molar-refractivity contribution >= 4 is 16.8 Å². The highest BCUT2D eigenvalue weighted by atomic mass is 16.1. The van der Waals surface area contributed by atoms with Crippen molar-refractivity contribution in [1.29, 1.82) is 0 Å². The monoisotopic (exact) mass is 400 g/mol. The first-order chi connectivity index (χ1) is 14.4. The Bertz CT molecular complexity index is 1320. The predicted molar refractivity (Wildman–Crippen MR) is 119 cm³/mol. The summed E-state index contributed by atoms with van der Waals surface area (Å²) in [7, 11) is 3.50. The second kappa shape index (κ2) is 7.63. The zero-order valence-corrected chi connectivity index (χ0v) is 17.6. The summed E-state index contributed by atoms with van der Waals surface area (Å²) in [5.41, 5.74) is 5.48. The second-order valence-corrected chi connectivity index (χ2v) is 7.46. The van der Waals surface area contributed by atoms with E-state index in [2.05, 4.69) is 5.32 Å². The maximum absolute atomic E-state index is 13.4. The van der Waals surface area contributed by atoms with Gasteiger partial charge in [-0.1, -0.05) is 30.3 Å². The first-order valence-electron chi connectivity index (χ1n) is 9.86. The van der Waals surface area contributed by atoms with Gasteiger partial charge in [0.15, 0.2) is 0 Å². The van der Waals surface area contributed by atoms with Gasteiger partial charge >= 0.3 is 0 Å². The standard InChI is InChI=1S/C24H24N4O2/c1-15-12-21(26-20-13-17(10-11-19(15)20)14-22(29)25-3)23-16(2)27(4)28(24(23)30)18-8-6-5-7-9-18/h5-13H,14H2,1-4H3,(H,25,29). The summed E-state index contributed by atoms with van der Waals surface area (Å²) in [5.74, 6) is -0.0492. The van der Waals surface area contributed by atoms with E-state index in [9.17, 15) is 9.59 Å². The number of rotatable bonds is 4. The van der Waals surface area contributed by atoms with Gasteiger partial charge in [0.25, 0.3) is 5.56 Å². The number of hydrogen-bond donors (Lipinski definition) is 1. The van der Waals surface area contributed by atoms with Crippen LogP contribution in [0.4, 0.5) is 0 Å². The summed E-state index contributed by atoms with van der Waals surface area (Å²) in [6.07, 6.45) is 0.294. The summed E-state index contributed by atoms with van der Waals surface area (Å²) < 4.78 is 3.52. The molecule has 0 unspecified atom stereocenters. The Balaban J connectivity index is 1.89. The van der Waals surface area contributed by atoms with Crippen LogP contribution in [0.2, 0.25) is 0 Å². The van der Waals surface area contributed by atoms with E-state index in [-0.39, 0.29) is 11.5 Å². The zero-order valence-electron chi connectivity index (χ0n) is 17.6. The van der Waals surface area contributed by atoms with Gasteiger partial charge in [-0.2, -0.15) is 0 Å². The molecule has 0 saturated carbocycles. The molecule has 0 radical (unpaired) electrons. The molecule has 4 aromatic rings. The van der Waals surface area contributed by atoms with Gasteiger partial charge in [-0.25, -0.2) is 9.67 Å². The van der Waals surface area contributed by atoms with E-state index in [4.69, 9.17) is 4.98 Å². The highest BCUT2D eigenvalue weighted by molar-refractivity contribution is 5.87. The number of nitrogens with one attached hydrogen (secondary N) is 1. The Hall–Kier alpha value is -3.67. The first kappa shape index (κ1) is 19.6. The fraction of sp³-hybridized carbons (Fsp3) is 0.208. The van der Waals surface area contributed by atoms with Crippen LogP contribution >= 0.6 is 0 Å². The zero-order chi connectivity index (χ0) is 21.4.